The predicted molar refractivity (Wildman–Crippen MR) is 83.7 cm³/mol. The third-order valence-electron chi connectivity index (χ3n) is 8.04. The topological polar surface area (TPSA) is 40.5 Å². The summed E-state index contributed by atoms with van der Waals surface area (Å²) in [6, 6.07) is 0. The lowest BCUT2D eigenvalue weighted by Crippen LogP contribution is -2.51. The Labute approximate surface area is 128 Å². The molecule has 2 nitrogen and oxygen atoms in total. The minimum absolute atomic E-state index is 0.0682. The van der Waals surface area contributed by atoms with Gasteiger partial charge < -0.3 is 10.2 Å². The molecule has 7 atom stereocenters. The van der Waals surface area contributed by atoms with Gasteiger partial charge in [0.1, 0.15) is 0 Å². The van der Waals surface area contributed by atoms with Gasteiger partial charge in [0, 0.05) is 0 Å². The van der Waals surface area contributed by atoms with Crippen molar-refractivity contribution in [3.8, 4) is 0 Å². The van der Waals surface area contributed by atoms with Crippen molar-refractivity contribution in [3.63, 3.8) is 0 Å². The molecule has 0 radical (unpaired) electrons. The maximum absolute atomic E-state index is 10.5. The Bertz CT molecular complexity index is 470. The van der Waals surface area contributed by atoms with Gasteiger partial charge in [0.05, 0.1) is 12.2 Å². The van der Waals surface area contributed by atoms with Crippen molar-refractivity contribution in [2.45, 2.75) is 77.4 Å². The summed E-state index contributed by atoms with van der Waals surface area (Å²) in [7, 11) is 0. The van der Waals surface area contributed by atoms with Crippen LogP contribution in [0.1, 0.15) is 65.2 Å². The van der Waals surface area contributed by atoms with Crippen molar-refractivity contribution in [1.29, 1.82) is 0 Å². The molecule has 2 heteroatoms. The molecule has 0 aromatic rings. The number of hydrogen-bond acceptors (Lipinski definition) is 2. The van der Waals surface area contributed by atoms with Gasteiger partial charge in [-0.15, -0.1) is 0 Å². The molecule has 4 aliphatic rings. The second-order valence-electron chi connectivity index (χ2n) is 8.77. The standard InChI is InChI=1S/C19H30O2/c1-18-9-7-13(20)11-12(18)3-4-14-15-5-6-17(21)19(15,2)10-8-16(14)18/h11,13-17,20-21H,3-10H2,1-2H3/t13?,14?,15?,16?,17-,18-,19-/m0/s1. The molecule has 0 aromatic heterocycles. The van der Waals surface area contributed by atoms with Crippen LogP contribution in [0, 0.1) is 28.6 Å². The molecule has 0 heterocycles. The fourth-order valence-electron chi connectivity index (χ4n) is 6.68. The van der Waals surface area contributed by atoms with Crippen LogP contribution in [-0.2, 0) is 0 Å². The maximum Gasteiger partial charge on any atom is 0.0724 e. The third kappa shape index (κ3) is 1.84. The van der Waals surface area contributed by atoms with E-state index in [1.807, 2.05) is 0 Å². The molecule has 3 saturated carbocycles. The molecular weight excluding hydrogens is 260 g/mol. The summed E-state index contributed by atoms with van der Waals surface area (Å²) in [6.07, 6.45) is 11.2. The predicted octanol–water partition coefficient (Wildman–Crippen LogP) is 3.67. The van der Waals surface area contributed by atoms with Crippen LogP contribution in [0.25, 0.3) is 0 Å². The van der Waals surface area contributed by atoms with Crippen molar-refractivity contribution in [3.05, 3.63) is 11.6 Å². The molecule has 0 saturated heterocycles. The fraction of sp³-hybridized carbons (Fsp3) is 0.895. The Morgan fingerprint density at radius 3 is 2.57 bits per heavy atom. The summed E-state index contributed by atoms with van der Waals surface area (Å²) in [5, 5.41) is 20.4. The average molecular weight is 290 g/mol. The quantitative estimate of drug-likeness (QED) is 0.668. The summed E-state index contributed by atoms with van der Waals surface area (Å²) >= 11 is 0. The first kappa shape index (κ1) is 14.3. The highest BCUT2D eigenvalue weighted by Gasteiger charge is 2.58. The highest BCUT2D eigenvalue weighted by atomic mass is 16.3. The normalized spacial score (nSPS) is 56.2. The smallest absolute Gasteiger partial charge is 0.0724 e. The van der Waals surface area contributed by atoms with E-state index < -0.39 is 0 Å². The van der Waals surface area contributed by atoms with E-state index in [2.05, 4.69) is 19.9 Å². The molecule has 3 fully saturated rings. The van der Waals surface area contributed by atoms with Crippen LogP contribution in [0.15, 0.2) is 11.6 Å². The van der Waals surface area contributed by atoms with Crippen molar-refractivity contribution in [2.75, 3.05) is 0 Å². The van der Waals surface area contributed by atoms with Crippen LogP contribution in [0.4, 0.5) is 0 Å². The molecule has 0 bridgehead atoms. The van der Waals surface area contributed by atoms with Crippen molar-refractivity contribution in [2.24, 2.45) is 28.6 Å². The molecule has 118 valence electrons. The largest absolute Gasteiger partial charge is 0.393 e. The maximum atomic E-state index is 10.5. The lowest BCUT2D eigenvalue weighted by atomic mass is 9.47. The van der Waals surface area contributed by atoms with E-state index in [1.165, 1.54) is 32.1 Å². The summed E-state index contributed by atoms with van der Waals surface area (Å²) in [5.41, 5.74) is 2.06. The fourth-order valence-corrected chi connectivity index (χ4v) is 6.68. The molecule has 4 unspecified atom stereocenters. The van der Waals surface area contributed by atoms with Gasteiger partial charge in [-0.05, 0) is 80.0 Å². The van der Waals surface area contributed by atoms with Gasteiger partial charge in [0.2, 0.25) is 0 Å². The summed E-state index contributed by atoms with van der Waals surface area (Å²) in [5.74, 6) is 2.32. The second-order valence-corrected chi connectivity index (χ2v) is 8.77. The number of hydrogen-bond donors (Lipinski definition) is 2. The van der Waals surface area contributed by atoms with E-state index in [0.29, 0.717) is 5.41 Å². The lowest BCUT2D eigenvalue weighted by molar-refractivity contribution is -0.0761. The Hall–Kier alpha value is -0.340. The number of allylic oxidation sites excluding steroid dienone is 1. The first-order valence-electron chi connectivity index (χ1n) is 9.02. The molecule has 2 N–H and O–H groups in total. The molecule has 0 spiro atoms. The van der Waals surface area contributed by atoms with Crippen LogP contribution in [0.5, 0.6) is 0 Å². The lowest BCUT2D eigenvalue weighted by Gasteiger charge is -2.58. The zero-order valence-electron chi connectivity index (χ0n) is 13.5. The molecular formula is C19H30O2. The van der Waals surface area contributed by atoms with Gasteiger partial charge >= 0.3 is 0 Å². The van der Waals surface area contributed by atoms with Gasteiger partial charge in [-0.2, -0.15) is 0 Å². The monoisotopic (exact) mass is 290 g/mol. The molecule has 4 rings (SSSR count). The van der Waals surface area contributed by atoms with Gasteiger partial charge in [0.15, 0.2) is 0 Å². The van der Waals surface area contributed by atoms with E-state index in [-0.39, 0.29) is 17.6 Å². The third-order valence-corrected chi connectivity index (χ3v) is 8.04. The van der Waals surface area contributed by atoms with Crippen molar-refractivity contribution >= 4 is 0 Å². The Morgan fingerprint density at radius 1 is 0.952 bits per heavy atom. The van der Waals surface area contributed by atoms with E-state index >= 15 is 0 Å². The number of aliphatic hydroxyl groups excluding tert-OH is 2. The van der Waals surface area contributed by atoms with E-state index in [9.17, 15) is 10.2 Å². The van der Waals surface area contributed by atoms with Gasteiger partial charge in [-0.1, -0.05) is 25.5 Å². The van der Waals surface area contributed by atoms with Crippen molar-refractivity contribution < 1.29 is 10.2 Å². The number of fused-ring (bicyclic) bond motifs is 5. The minimum Gasteiger partial charge on any atom is -0.393 e. The molecule has 21 heavy (non-hydrogen) atoms. The molecule has 0 amide bonds. The van der Waals surface area contributed by atoms with Crippen LogP contribution < -0.4 is 0 Å². The first-order chi connectivity index (χ1) is 9.95. The Balaban J connectivity index is 1.67. The zero-order valence-corrected chi connectivity index (χ0v) is 13.5. The van der Waals surface area contributed by atoms with E-state index in [4.69, 9.17) is 0 Å². The van der Waals surface area contributed by atoms with Crippen LogP contribution in [0.2, 0.25) is 0 Å². The zero-order chi connectivity index (χ0) is 14.8. The Kier molecular flexibility index (Phi) is 3.11. The minimum atomic E-state index is -0.202. The van der Waals surface area contributed by atoms with Crippen molar-refractivity contribution in [1.82, 2.24) is 0 Å². The summed E-state index contributed by atoms with van der Waals surface area (Å²) in [6.45, 7) is 4.82. The van der Waals surface area contributed by atoms with Gasteiger partial charge in [0.25, 0.3) is 0 Å². The average Bonchev–Trinajstić information content (AvgIpc) is 2.76. The summed E-state index contributed by atoms with van der Waals surface area (Å²) in [4.78, 5) is 0. The Morgan fingerprint density at radius 2 is 1.76 bits per heavy atom. The SMILES string of the molecule is C[C@]12CCC(O)C=C1CCC1C2CC[C@@]2(C)C1CC[C@@H]2O. The van der Waals surface area contributed by atoms with Gasteiger partial charge in [-0.3, -0.25) is 0 Å². The highest BCUT2D eigenvalue weighted by molar-refractivity contribution is 5.25. The van der Waals surface area contributed by atoms with Crippen LogP contribution in [-0.4, -0.2) is 22.4 Å². The van der Waals surface area contributed by atoms with Gasteiger partial charge in [-0.25, -0.2) is 0 Å². The summed E-state index contributed by atoms with van der Waals surface area (Å²) < 4.78 is 0. The van der Waals surface area contributed by atoms with Crippen LogP contribution in [0.3, 0.4) is 0 Å². The van der Waals surface area contributed by atoms with Crippen LogP contribution >= 0.6 is 0 Å². The molecule has 4 aliphatic carbocycles. The molecule has 0 aromatic carbocycles. The van der Waals surface area contributed by atoms with E-state index in [1.54, 1.807) is 5.57 Å². The number of rotatable bonds is 0. The molecule has 0 aliphatic heterocycles. The second kappa shape index (κ2) is 4.58. The number of aliphatic hydroxyl groups is 2. The van der Waals surface area contributed by atoms with E-state index in [0.717, 1.165) is 37.0 Å². The highest BCUT2D eigenvalue weighted by Crippen LogP contribution is 2.65. The first-order valence-corrected chi connectivity index (χ1v) is 9.02.